The highest BCUT2D eigenvalue weighted by molar-refractivity contribution is 4.85. The summed E-state index contributed by atoms with van der Waals surface area (Å²) in [6.45, 7) is 11.6. The van der Waals surface area contributed by atoms with Crippen LogP contribution in [0.1, 0.15) is 52.9 Å². The molecule has 1 aliphatic carbocycles. The minimum atomic E-state index is -0.555. The van der Waals surface area contributed by atoms with Crippen molar-refractivity contribution in [3.8, 4) is 0 Å². The number of hydrogen-bond acceptors (Lipinski definition) is 3. The lowest BCUT2D eigenvalue weighted by atomic mass is 9.83. The van der Waals surface area contributed by atoms with Crippen molar-refractivity contribution >= 4 is 0 Å². The van der Waals surface area contributed by atoms with Crippen molar-refractivity contribution in [3.63, 3.8) is 0 Å². The van der Waals surface area contributed by atoms with Crippen LogP contribution in [0.2, 0.25) is 0 Å². The number of β-amino-alcohol motifs (C(OH)–C–C–N with tert-alkyl or cyclic N) is 1. The van der Waals surface area contributed by atoms with Crippen molar-refractivity contribution in [2.45, 2.75) is 64.5 Å². The summed E-state index contributed by atoms with van der Waals surface area (Å²) >= 11 is 0. The van der Waals surface area contributed by atoms with Gasteiger partial charge in [-0.3, -0.25) is 9.80 Å². The highest BCUT2D eigenvalue weighted by Crippen LogP contribution is 2.30. The number of nitrogens with zero attached hydrogens (tertiary/aromatic N) is 2. The van der Waals surface area contributed by atoms with Crippen molar-refractivity contribution in [3.05, 3.63) is 0 Å². The molecule has 0 spiro atoms. The van der Waals surface area contributed by atoms with Gasteiger partial charge in [-0.1, -0.05) is 26.2 Å². The standard InChI is InChI=1S/C16H32N2O/c1-4-14-6-5-7-15(12-14)18-10-8-17(9-11-18)13-16(2,3)19/h14-15,19H,4-13H2,1-3H3. The Morgan fingerprint density at radius 1 is 1.11 bits per heavy atom. The monoisotopic (exact) mass is 268 g/mol. The molecular formula is C16H32N2O. The van der Waals surface area contributed by atoms with Crippen molar-refractivity contribution in [1.82, 2.24) is 9.80 Å². The zero-order valence-corrected chi connectivity index (χ0v) is 13.1. The Kier molecular flexibility index (Phi) is 5.27. The van der Waals surface area contributed by atoms with Crippen LogP contribution in [0.25, 0.3) is 0 Å². The van der Waals surface area contributed by atoms with Crippen LogP contribution in [-0.2, 0) is 0 Å². The molecule has 0 aromatic heterocycles. The van der Waals surface area contributed by atoms with E-state index < -0.39 is 5.60 Å². The third-order valence-corrected chi connectivity index (χ3v) is 4.87. The van der Waals surface area contributed by atoms with Gasteiger partial charge in [-0.2, -0.15) is 0 Å². The second-order valence-electron chi connectivity index (χ2n) is 7.22. The molecule has 19 heavy (non-hydrogen) atoms. The Morgan fingerprint density at radius 2 is 1.79 bits per heavy atom. The SMILES string of the molecule is CCC1CCCC(N2CCN(CC(C)(C)O)CC2)C1. The summed E-state index contributed by atoms with van der Waals surface area (Å²) < 4.78 is 0. The number of hydrogen-bond donors (Lipinski definition) is 1. The van der Waals surface area contributed by atoms with Gasteiger partial charge in [0.05, 0.1) is 5.60 Å². The van der Waals surface area contributed by atoms with Crippen LogP contribution in [0.5, 0.6) is 0 Å². The van der Waals surface area contributed by atoms with Crippen LogP contribution in [-0.4, -0.2) is 59.3 Å². The molecule has 2 atom stereocenters. The average Bonchev–Trinajstić information content (AvgIpc) is 2.38. The molecule has 0 aromatic carbocycles. The Morgan fingerprint density at radius 3 is 2.37 bits per heavy atom. The number of aliphatic hydroxyl groups is 1. The summed E-state index contributed by atoms with van der Waals surface area (Å²) in [6.07, 6.45) is 7.05. The van der Waals surface area contributed by atoms with E-state index in [1.807, 2.05) is 13.8 Å². The molecule has 1 heterocycles. The van der Waals surface area contributed by atoms with Gasteiger partial charge in [-0.05, 0) is 32.6 Å². The predicted octanol–water partition coefficient (Wildman–Crippen LogP) is 2.34. The Labute approximate surface area is 119 Å². The highest BCUT2D eigenvalue weighted by atomic mass is 16.3. The summed E-state index contributed by atoms with van der Waals surface area (Å²) in [5.74, 6) is 0.966. The van der Waals surface area contributed by atoms with Crippen LogP contribution < -0.4 is 0 Å². The van der Waals surface area contributed by atoms with Gasteiger partial charge in [0.25, 0.3) is 0 Å². The molecule has 0 radical (unpaired) electrons. The molecule has 0 bridgehead atoms. The van der Waals surface area contributed by atoms with Crippen molar-refractivity contribution in [2.24, 2.45) is 5.92 Å². The second-order valence-corrected chi connectivity index (χ2v) is 7.22. The van der Waals surface area contributed by atoms with E-state index in [0.717, 1.165) is 31.6 Å². The van der Waals surface area contributed by atoms with E-state index in [2.05, 4.69) is 16.7 Å². The fraction of sp³-hybridized carbons (Fsp3) is 1.00. The van der Waals surface area contributed by atoms with Gasteiger partial charge >= 0.3 is 0 Å². The van der Waals surface area contributed by atoms with Gasteiger partial charge in [0.2, 0.25) is 0 Å². The predicted molar refractivity (Wildman–Crippen MR) is 80.3 cm³/mol. The van der Waals surface area contributed by atoms with E-state index >= 15 is 0 Å². The van der Waals surface area contributed by atoms with Crippen LogP contribution in [0.3, 0.4) is 0 Å². The maximum atomic E-state index is 9.90. The molecule has 3 heteroatoms. The largest absolute Gasteiger partial charge is 0.389 e. The smallest absolute Gasteiger partial charge is 0.0718 e. The first kappa shape index (κ1) is 15.3. The molecule has 2 rings (SSSR count). The first-order valence-corrected chi connectivity index (χ1v) is 8.16. The van der Waals surface area contributed by atoms with Crippen molar-refractivity contribution in [2.75, 3.05) is 32.7 Å². The van der Waals surface area contributed by atoms with Crippen molar-refractivity contribution in [1.29, 1.82) is 0 Å². The minimum Gasteiger partial charge on any atom is -0.389 e. The van der Waals surface area contributed by atoms with Gasteiger partial charge in [0.1, 0.15) is 0 Å². The molecular weight excluding hydrogens is 236 g/mol. The first-order chi connectivity index (χ1) is 8.98. The molecule has 112 valence electrons. The summed E-state index contributed by atoms with van der Waals surface area (Å²) in [7, 11) is 0. The van der Waals surface area contributed by atoms with Crippen LogP contribution >= 0.6 is 0 Å². The third-order valence-electron chi connectivity index (χ3n) is 4.87. The summed E-state index contributed by atoms with van der Waals surface area (Å²) in [4.78, 5) is 5.12. The van der Waals surface area contributed by atoms with Crippen LogP contribution in [0, 0.1) is 5.92 Å². The summed E-state index contributed by atoms with van der Waals surface area (Å²) in [5, 5.41) is 9.90. The quantitative estimate of drug-likeness (QED) is 0.848. The molecule has 2 fully saturated rings. The Hall–Kier alpha value is -0.120. The highest BCUT2D eigenvalue weighted by Gasteiger charge is 2.29. The van der Waals surface area contributed by atoms with E-state index in [9.17, 15) is 5.11 Å². The van der Waals surface area contributed by atoms with Crippen molar-refractivity contribution < 1.29 is 5.11 Å². The summed E-state index contributed by atoms with van der Waals surface area (Å²) in [6, 6.07) is 0.836. The van der Waals surface area contributed by atoms with Crippen LogP contribution in [0.15, 0.2) is 0 Å². The minimum absolute atomic E-state index is 0.555. The molecule has 0 aromatic rings. The van der Waals surface area contributed by atoms with Gasteiger partial charge < -0.3 is 5.11 Å². The maximum Gasteiger partial charge on any atom is 0.0718 e. The van der Waals surface area contributed by atoms with Gasteiger partial charge in [-0.25, -0.2) is 0 Å². The molecule has 0 amide bonds. The Bertz CT molecular complexity index is 266. The fourth-order valence-corrected chi connectivity index (χ4v) is 3.80. The summed E-state index contributed by atoms with van der Waals surface area (Å²) in [5.41, 5.74) is -0.555. The van der Waals surface area contributed by atoms with Gasteiger partial charge in [0, 0.05) is 38.8 Å². The zero-order valence-electron chi connectivity index (χ0n) is 13.1. The molecule has 1 N–H and O–H groups in total. The van der Waals surface area contributed by atoms with Gasteiger partial charge in [-0.15, -0.1) is 0 Å². The van der Waals surface area contributed by atoms with E-state index in [1.54, 1.807) is 0 Å². The fourth-order valence-electron chi connectivity index (χ4n) is 3.80. The molecule has 3 nitrogen and oxygen atoms in total. The normalized spacial score (nSPS) is 31.6. The second kappa shape index (κ2) is 6.55. The average molecular weight is 268 g/mol. The Balaban J connectivity index is 1.76. The molecule has 2 aliphatic rings. The lowest BCUT2D eigenvalue weighted by Crippen LogP contribution is -2.53. The van der Waals surface area contributed by atoms with Gasteiger partial charge in [0.15, 0.2) is 0 Å². The van der Waals surface area contributed by atoms with E-state index in [1.165, 1.54) is 45.2 Å². The number of rotatable bonds is 4. The molecule has 2 unspecified atom stereocenters. The third kappa shape index (κ3) is 4.73. The first-order valence-electron chi connectivity index (χ1n) is 8.16. The molecule has 1 saturated carbocycles. The molecule has 1 aliphatic heterocycles. The van der Waals surface area contributed by atoms with E-state index in [0.29, 0.717) is 0 Å². The zero-order chi connectivity index (χ0) is 13.9. The topological polar surface area (TPSA) is 26.7 Å². The number of piperazine rings is 1. The van der Waals surface area contributed by atoms with E-state index in [-0.39, 0.29) is 0 Å². The lowest BCUT2D eigenvalue weighted by molar-refractivity contribution is 0.00499. The van der Waals surface area contributed by atoms with Crippen LogP contribution in [0.4, 0.5) is 0 Å². The van der Waals surface area contributed by atoms with E-state index in [4.69, 9.17) is 0 Å². The lowest BCUT2D eigenvalue weighted by Gasteiger charge is -2.43. The maximum absolute atomic E-state index is 9.90. The molecule has 1 saturated heterocycles.